The Morgan fingerprint density at radius 2 is 2.07 bits per heavy atom. The number of fused-ring (bicyclic) bond motifs is 2. The number of ether oxygens (including phenoxy) is 1. The second-order valence-electron chi connectivity index (χ2n) is 6.50. The Bertz CT molecular complexity index is 1080. The van der Waals surface area contributed by atoms with Gasteiger partial charge in [0.25, 0.3) is 11.8 Å². The molecule has 0 saturated heterocycles. The van der Waals surface area contributed by atoms with Crippen molar-refractivity contribution in [2.45, 2.75) is 23.5 Å². The fourth-order valence-corrected chi connectivity index (χ4v) is 5.24. The van der Waals surface area contributed by atoms with Crippen LogP contribution in [-0.2, 0) is 9.59 Å². The number of hydrogen-bond donors (Lipinski definition) is 1. The van der Waals surface area contributed by atoms with Crippen LogP contribution in [0, 0.1) is 0 Å². The van der Waals surface area contributed by atoms with Crippen molar-refractivity contribution in [3.05, 3.63) is 42.5 Å². The number of amides is 2. The van der Waals surface area contributed by atoms with Crippen LogP contribution in [0.4, 0.5) is 10.8 Å². The zero-order valence-corrected chi connectivity index (χ0v) is 17.3. The quantitative estimate of drug-likeness (QED) is 0.650. The zero-order chi connectivity index (χ0) is 19.9. The molecule has 0 saturated carbocycles. The Morgan fingerprint density at radius 3 is 2.86 bits per heavy atom. The van der Waals surface area contributed by atoms with Gasteiger partial charge in [-0.05, 0) is 44.2 Å². The molecular weight excluding hydrogens is 394 g/mol. The molecule has 0 spiro atoms. The van der Waals surface area contributed by atoms with Crippen molar-refractivity contribution in [2.24, 2.45) is 0 Å². The highest BCUT2D eigenvalue weighted by atomic mass is 32.2. The Kier molecular flexibility index (Phi) is 4.76. The molecule has 3 aromatic rings. The summed E-state index contributed by atoms with van der Waals surface area (Å²) < 4.78 is 5.16. The van der Waals surface area contributed by atoms with Gasteiger partial charge in [0.15, 0.2) is 9.88 Å². The lowest BCUT2D eigenvalue weighted by molar-refractivity contribution is -0.128. The first kappa shape index (κ1) is 18.8. The Labute approximate surface area is 170 Å². The number of para-hydroxylation sites is 1. The van der Waals surface area contributed by atoms with E-state index in [0.717, 1.165) is 26.5 Å². The second kappa shape index (κ2) is 7.10. The zero-order valence-electron chi connectivity index (χ0n) is 15.7. The maximum atomic E-state index is 13.1. The molecule has 1 unspecified atom stereocenters. The highest BCUT2D eigenvalue weighted by Gasteiger charge is 2.48. The summed E-state index contributed by atoms with van der Waals surface area (Å²) in [7, 11) is 1.69. The first-order valence-electron chi connectivity index (χ1n) is 8.83. The average Bonchev–Trinajstić information content (AvgIpc) is 3.08. The monoisotopic (exact) mass is 413 g/mol. The van der Waals surface area contributed by atoms with Crippen molar-refractivity contribution in [1.29, 1.82) is 0 Å². The van der Waals surface area contributed by atoms with Crippen LogP contribution in [0.25, 0.3) is 10.2 Å². The molecule has 4 rings (SSSR count). The fraction of sp³-hybridized carbons (Fsp3) is 0.250. The van der Waals surface area contributed by atoms with E-state index in [0.29, 0.717) is 11.7 Å². The summed E-state index contributed by atoms with van der Waals surface area (Å²) in [5.41, 5.74) is 1.59. The number of nitrogens with one attached hydrogen (secondary N) is 1. The molecular formula is C20H19N3O3S2. The minimum absolute atomic E-state index is 0.256. The van der Waals surface area contributed by atoms with Crippen molar-refractivity contribution < 1.29 is 14.3 Å². The maximum absolute atomic E-state index is 13.1. The van der Waals surface area contributed by atoms with Gasteiger partial charge in [0, 0.05) is 11.9 Å². The van der Waals surface area contributed by atoms with Gasteiger partial charge in [-0.2, -0.15) is 0 Å². The van der Waals surface area contributed by atoms with Crippen LogP contribution in [0.5, 0.6) is 5.75 Å². The van der Waals surface area contributed by atoms with Gasteiger partial charge in [0.05, 0.1) is 22.5 Å². The molecule has 2 heterocycles. The highest BCUT2D eigenvalue weighted by molar-refractivity contribution is 8.02. The lowest BCUT2D eigenvalue weighted by Gasteiger charge is -2.36. The molecule has 8 heteroatoms. The van der Waals surface area contributed by atoms with Crippen LogP contribution in [0.3, 0.4) is 0 Å². The SMILES string of the molecule is CCOc1ccc2nc(NC(=O)C3(C)Sc4ccccc4N(C)C3=O)sc2c1. The van der Waals surface area contributed by atoms with Crippen LogP contribution in [0.15, 0.2) is 47.4 Å². The van der Waals surface area contributed by atoms with E-state index in [1.165, 1.54) is 28.0 Å². The number of thioether (sulfide) groups is 1. The van der Waals surface area contributed by atoms with Crippen LogP contribution in [0.1, 0.15) is 13.8 Å². The van der Waals surface area contributed by atoms with E-state index in [2.05, 4.69) is 10.3 Å². The van der Waals surface area contributed by atoms with Gasteiger partial charge in [-0.15, -0.1) is 0 Å². The van der Waals surface area contributed by atoms with E-state index in [1.807, 2.05) is 49.4 Å². The van der Waals surface area contributed by atoms with E-state index in [-0.39, 0.29) is 11.8 Å². The minimum atomic E-state index is -1.27. The second-order valence-corrected chi connectivity index (χ2v) is 8.99. The fourth-order valence-electron chi connectivity index (χ4n) is 3.09. The summed E-state index contributed by atoms with van der Waals surface area (Å²) in [5.74, 6) is 0.126. The lowest BCUT2D eigenvalue weighted by Crippen LogP contribution is -2.53. The summed E-state index contributed by atoms with van der Waals surface area (Å²) in [5, 5.41) is 3.30. The van der Waals surface area contributed by atoms with E-state index in [1.54, 1.807) is 14.0 Å². The van der Waals surface area contributed by atoms with Crippen LogP contribution < -0.4 is 15.0 Å². The lowest BCUT2D eigenvalue weighted by atomic mass is 10.1. The van der Waals surface area contributed by atoms with Crippen molar-refractivity contribution in [3.63, 3.8) is 0 Å². The summed E-state index contributed by atoms with van der Waals surface area (Å²) in [6.45, 7) is 4.17. The molecule has 144 valence electrons. The van der Waals surface area contributed by atoms with Gasteiger partial charge in [0.1, 0.15) is 5.75 Å². The molecule has 0 fully saturated rings. The molecule has 1 atom stereocenters. The predicted octanol–water partition coefficient (Wildman–Crippen LogP) is 4.16. The first-order chi connectivity index (χ1) is 13.4. The molecule has 1 aromatic heterocycles. The maximum Gasteiger partial charge on any atom is 0.252 e. The summed E-state index contributed by atoms with van der Waals surface area (Å²) in [4.78, 5) is 32.9. The summed E-state index contributed by atoms with van der Waals surface area (Å²) in [6, 6.07) is 13.2. The van der Waals surface area contributed by atoms with Crippen molar-refractivity contribution in [3.8, 4) is 5.75 Å². The molecule has 2 aromatic carbocycles. The van der Waals surface area contributed by atoms with Crippen LogP contribution >= 0.6 is 23.1 Å². The molecule has 28 heavy (non-hydrogen) atoms. The van der Waals surface area contributed by atoms with E-state index in [9.17, 15) is 9.59 Å². The predicted molar refractivity (Wildman–Crippen MR) is 114 cm³/mol. The third-order valence-corrected chi connectivity index (χ3v) is 6.85. The number of anilines is 2. The average molecular weight is 414 g/mol. The number of benzene rings is 2. The molecule has 0 aliphatic carbocycles. The Morgan fingerprint density at radius 1 is 1.29 bits per heavy atom. The topological polar surface area (TPSA) is 71.5 Å². The number of carbonyl (C=O) groups is 2. The third-order valence-electron chi connectivity index (χ3n) is 4.58. The molecule has 1 N–H and O–H groups in total. The van der Waals surface area contributed by atoms with Gasteiger partial charge < -0.3 is 15.0 Å². The minimum Gasteiger partial charge on any atom is -0.494 e. The Hall–Kier alpha value is -2.58. The van der Waals surface area contributed by atoms with Gasteiger partial charge in [-0.1, -0.05) is 35.2 Å². The largest absolute Gasteiger partial charge is 0.494 e. The Balaban J connectivity index is 1.61. The van der Waals surface area contributed by atoms with Crippen LogP contribution in [0.2, 0.25) is 0 Å². The van der Waals surface area contributed by atoms with E-state index in [4.69, 9.17) is 4.74 Å². The normalized spacial score (nSPS) is 18.8. The number of thiazole rings is 1. The summed E-state index contributed by atoms with van der Waals surface area (Å²) >= 11 is 2.63. The number of nitrogens with zero attached hydrogens (tertiary/aromatic N) is 2. The van der Waals surface area contributed by atoms with Crippen molar-refractivity contribution in [1.82, 2.24) is 4.98 Å². The van der Waals surface area contributed by atoms with Gasteiger partial charge in [-0.25, -0.2) is 4.98 Å². The number of aromatic nitrogens is 1. The molecule has 0 bridgehead atoms. The number of carbonyl (C=O) groups excluding carboxylic acids is 2. The molecule has 0 radical (unpaired) electrons. The number of hydrogen-bond acceptors (Lipinski definition) is 6. The van der Waals surface area contributed by atoms with Gasteiger partial charge in [0.2, 0.25) is 0 Å². The number of rotatable bonds is 4. The highest BCUT2D eigenvalue weighted by Crippen LogP contribution is 2.45. The molecule has 1 aliphatic rings. The molecule has 6 nitrogen and oxygen atoms in total. The standard InChI is InChI=1S/C20H19N3O3S2/c1-4-26-12-9-10-13-16(11-12)27-19(21-13)22-17(24)20(2)18(25)23(3)14-7-5-6-8-15(14)28-20/h5-11H,4H2,1-3H3,(H,21,22,24). The first-order valence-corrected chi connectivity index (χ1v) is 10.5. The van der Waals surface area contributed by atoms with E-state index < -0.39 is 4.75 Å². The van der Waals surface area contributed by atoms with E-state index >= 15 is 0 Å². The van der Waals surface area contributed by atoms with Crippen molar-refractivity contribution in [2.75, 3.05) is 23.9 Å². The smallest absolute Gasteiger partial charge is 0.252 e. The summed E-state index contributed by atoms with van der Waals surface area (Å²) in [6.07, 6.45) is 0. The molecule has 1 aliphatic heterocycles. The molecule has 2 amide bonds. The van der Waals surface area contributed by atoms with Gasteiger partial charge >= 0.3 is 0 Å². The van der Waals surface area contributed by atoms with Crippen LogP contribution in [-0.4, -0.2) is 35.2 Å². The van der Waals surface area contributed by atoms with Crippen molar-refractivity contribution >= 4 is 55.9 Å². The third kappa shape index (κ3) is 3.12. The van der Waals surface area contributed by atoms with Gasteiger partial charge in [-0.3, -0.25) is 9.59 Å².